The van der Waals surface area contributed by atoms with Crippen molar-refractivity contribution in [3.63, 3.8) is 0 Å². The molecule has 3 heteroatoms. The highest BCUT2D eigenvalue weighted by molar-refractivity contribution is 4.76. The summed E-state index contributed by atoms with van der Waals surface area (Å²) in [5.41, 5.74) is 0. The average molecular weight is 270 g/mol. The fourth-order valence-corrected chi connectivity index (χ4v) is 2.43. The van der Waals surface area contributed by atoms with Crippen molar-refractivity contribution in [3.8, 4) is 0 Å². The van der Waals surface area contributed by atoms with Crippen LogP contribution in [-0.4, -0.2) is 12.2 Å². The van der Waals surface area contributed by atoms with Crippen molar-refractivity contribution in [1.29, 1.82) is 0 Å². The zero-order valence-electron chi connectivity index (χ0n) is 13.5. The molecule has 0 aliphatic heterocycles. The van der Waals surface area contributed by atoms with E-state index in [0.29, 0.717) is 12.0 Å². The molecule has 0 aromatic rings. The molecule has 114 valence electrons. The van der Waals surface area contributed by atoms with Crippen LogP contribution in [0.15, 0.2) is 5.18 Å². The predicted octanol–water partition coefficient (Wildman–Crippen LogP) is 5.24. The van der Waals surface area contributed by atoms with Crippen molar-refractivity contribution in [2.75, 3.05) is 0 Å². The van der Waals surface area contributed by atoms with Crippen molar-refractivity contribution in [1.82, 2.24) is 5.32 Å². The number of rotatable bonds is 13. The lowest BCUT2D eigenvalue weighted by Gasteiger charge is -2.26. The average Bonchev–Trinajstić information content (AvgIpc) is 2.45. The largest absolute Gasteiger partial charge is 0.290 e. The van der Waals surface area contributed by atoms with Gasteiger partial charge in [0.1, 0.15) is 6.17 Å². The van der Waals surface area contributed by atoms with E-state index in [1.165, 1.54) is 44.9 Å². The van der Waals surface area contributed by atoms with Crippen LogP contribution in [0.3, 0.4) is 0 Å². The molecule has 0 aliphatic carbocycles. The Balaban J connectivity index is 3.96. The van der Waals surface area contributed by atoms with Gasteiger partial charge in [0, 0.05) is 6.04 Å². The topological polar surface area (TPSA) is 41.5 Å². The fraction of sp³-hybridized carbons (Fsp3) is 1.00. The Labute approximate surface area is 119 Å². The second kappa shape index (κ2) is 12.6. The Kier molecular flexibility index (Phi) is 12.3. The highest BCUT2D eigenvalue weighted by Crippen LogP contribution is 2.17. The molecule has 0 amide bonds. The highest BCUT2D eigenvalue weighted by atomic mass is 16.3. The molecule has 3 atom stereocenters. The van der Waals surface area contributed by atoms with Crippen molar-refractivity contribution >= 4 is 0 Å². The first-order chi connectivity index (χ1) is 9.19. The molecule has 0 rings (SSSR count). The van der Waals surface area contributed by atoms with Crippen LogP contribution < -0.4 is 5.32 Å². The van der Waals surface area contributed by atoms with Crippen molar-refractivity contribution in [3.05, 3.63) is 4.91 Å². The number of unbranched alkanes of at least 4 members (excludes halogenated alkanes) is 5. The zero-order valence-corrected chi connectivity index (χ0v) is 13.5. The van der Waals surface area contributed by atoms with Gasteiger partial charge in [-0.3, -0.25) is 5.32 Å². The second-order valence-corrected chi connectivity index (χ2v) is 5.74. The van der Waals surface area contributed by atoms with E-state index in [0.717, 1.165) is 12.8 Å². The molecule has 0 spiro atoms. The molecule has 0 saturated heterocycles. The minimum absolute atomic E-state index is 0.209. The number of nitroso groups, excluding NO2 is 1. The van der Waals surface area contributed by atoms with Gasteiger partial charge >= 0.3 is 0 Å². The van der Waals surface area contributed by atoms with Gasteiger partial charge in [-0.15, -0.1) is 4.91 Å². The van der Waals surface area contributed by atoms with Crippen LogP contribution in [0.5, 0.6) is 0 Å². The molecular formula is C16H34N2O. The third-order valence-corrected chi connectivity index (χ3v) is 4.12. The number of hydrogen-bond acceptors (Lipinski definition) is 3. The van der Waals surface area contributed by atoms with E-state index in [4.69, 9.17) is 0 Å². The lowest BCUT2D eigenvalue weighted by Crippen LogP contribution is -2.40. The standard InChI is InChI=1S/C16H34N2O/c1-5-8-9-10-11-12-13-15(14(4)6-2)17-16(7-3)18-19/h14-17H,5-13H2,1-4H3. The molecule has 0 aromatic carbocycles. The van der Waals surface area contributed by atoms with Crippen LogP contribution in [0.2, 0.25) is 0 Å². The summed E-state index contributed by atoms with van der Waals surface area (Å²) < 4.78 is 0. The van der Waals surface area contributed by atoms with Crippen molar-refractivity contribution in [2.24, 2.45) is 11.1 Å². The minimum Gasteiger partial charge on any atom is -0.290 e. The van der Waals surface area contributed by atoms with Gasteiger partial charge in [-0.25, -0.2) is 0 Å². The monoisotopic (exact) mass is 270 g/mol. The number of nitrogens with one attached hydrogen (secondary N) is 1. The van der Waals surface area contributed by atoms with Crippen LogP contribution >= 0.6 is 0 Å². The Morgan fingerprint density at radius 2 is 1.58 bits per heavy atom. The van der Waals surface area contributed by atoms with Gasteiger partial charge < -0.3 is 0 Å². The first-order valence-corrected chi connectivity index (χ1v) is 8.27. The van der Waals surface area contributed by atoms with E-state index in [1.807, 2.05) is 6.92 Å². The molecule has 0 fully saturated rings. The van der Waals surface area contributed by atoms with Crippen molar-refractivity contribution < 1.29 is 0 Å². The molecule has 0 bridgehead atoms. The van der Waals surface area contributed by atoms with Crippen molar-refractivity contribution in [2.45, 2.75) is 97.7 Å². The molecule has 0 aliphatic rings. The summed E-state index contributed by atoms with van der Waals surface area (Å²) in [6.07, 6.45) is 10.9. The van der Waals surface area contributed by atoms with Gasteiger partial charge in [0.15, 0.2) is 0 Å². The highest BCUT2D eigenvalue weighted by Gasteiger charge is 2.18. The van der Waals surface area contributed by atoms with Crippen LogP contribution in [0.4, 0.5) is 0 Å². The van der Waals surface area contributed by atoms with Gasteiger partial charge in [-0.1, -0.05) is 77.8 Å². The van der Waals surface area contributed by atoms with E-state index in [-0.39, 0.29) is 6.17 Å². The van der Waals surface area contributed by atoms with Gasteiger partial charge in [0.2, 0.25) is 0 Å². The van der Waals surface area contributed by atoms with Crippen LogP contribution in [0.25, 0.3) is 0 Å². The lowest BCUT2D eigenvalue weighted by molar-refractivity contribution is 0.302. The van der Waals surface area contributed by atoms with E-state index < -0.39 is 0 Å². The molecule has 1 N–H and O–H groups in total. The van der Waals surface area contributed by atoms with Gasteiger partial charge in [0.05, 0.1) is 0 Å². The summed E-state index contributed by atoms with van der Waals surface area (Å²) >= 11 is 0. The normalized spacial score (nSPS) is 16.0. The fourth-order valence-electron chi connectivity index (χ4n) is 2.43. The summed E-state index contributed by atoms with van der Waals surface area (Å²) in [4.78, 5) is 10.7. The van der Waals surface area contributed by atoms with Gasteiger partial charge in [-0.05, 0) is 18.8 Å². The Bertz CT molecular complexity index is 209. The summed E-state index contributed by atoms with van der Waals surface area (Å²) in [5, 5.41) is 6.60. The first-order valence-electron chi connectivity index (χ1n) is 8.27. The maximum atomic E-state index is 10.7. The Hall–Kier alpha value is -0.440. The third kappa shape index (κ3) is 9.15. The molecule has 0 saturated carbocycles. The van der Waals surface area contributed by atoms with Crippen LogP contribution in [-0.2, 0) is 0 Å². The van der Waals surface area contributed by atoms with Gasteiger partial charge in [0.25, 0.3) is 0 Å². The Morgan fingerprint density at radius 1 is 0.947 bits per heavy atom. The molecule has 19 heavy (non-hydrogen) atoms. The molecule has 0 heterocycles. The maximum Gasteiger partial charge on any atom is 0.142 e. The number of nitrogens with zero attached hydrogens (tertiary/aromatic N) is 1. The van der Waals surface area contributed by atoms with E-state index in [9.17, 15) is 4.91 Å². The lowest BCUT2D eigenvalue weighted by atomic mass is 9.93. The molecule has 3 nitrogen and oxygen atoms in total. The quantitative estimate of drug-likeness (QED) is 0.367. The first kappa shape index (κ1) is 18.6. The van der Waals surface area contributed by atoms with E-state index in [2.05, 4.69) is 31.3 Å². The predicted molar refractivity (Wildman–Crippen MR) is 84.2 cm³/mol. The van der Waals surface area contributed by atoms with E-state index >= 15 is 0 Å². The second-order valence-electron chi connectivity index (χ2n) is 5.74. The maximum absolute atomic E-state index is 10.7. The molecular weight excluding hydrogens is 236 g/mol. The molecule has 3 unspecified atom stereocenters. The summed E-state index contributed by atoms with van der Waals surface area (Å²) in [7, 11) is 0. The summed E-state index contributed by atoms with van der Waals surface area (Å²) in [6, 6.07) is 0.443. The third-order valence-electron chi connectivity index (χ3n) is 4.12. The summed E-state index contributed by atoms with van der Waals surface area (Å²) in [5.74, 6) is 0.617. The number of hydrogen-bond donors (Lipinski definition) is 1. The summed E-state index contributed by atoms with van der Waals surface area (Å²) in [6.45, 7) is 8.75. The van der Waals surface area contributed by atoms with Crippen LogP contribution in [0.1, 0.15) is 85.5 Å². The minimum atomic E-state index is -0.209. The van der Waals surface area contributed by atoms with Crippen LogP contribution in [0, 0.1) is 10.8 Å². The smallest absolute Gasteiger partial charge is 0.142 e. The molecule has 0 aromatic heterocycles. The van der Waals surface area contributed by atoms with Gasteiger partial charge in [-0.2, -0.15) is 0 Å². The SMILES string of the molecule is CCCCCCCCC(NC(CC)N=O)C(C)CC. The van der Waals surface area contributed by atoms with E-state index in [1.54, 1.807) is 0 Å². The molecule has 0 radical (unpaired) electrons. The Morgan fingerprint density at radius 3 is 2.11 bits per heavy atom. The zero-order chi connectivity index (χ0) is 14.5.